The highest BCUT2D eigenvalue weighted by Crippen LogP contribution is 2.61. The summed E-state index contributed by atoms with van der Waals surface area (Å²) in [7, 11) is 0. The van der Waals surface area contributed by atoms with Gasteiger partial charge in [-0.2, -0.15) is 0 Å². The molecule has 0 N–H and O–H groups in total. The van der Waals surface area contributed by atoms with E-state index in [2.05, 4.69) is 26.0 Å². The zero-order valence-electron chi connectivity index (χ0n) is 7.93. The molecule has 64 valence electrons. The van der Waals surface area contributed by atoms with Crippen LogP contribution in [0.5, 0.6) is 0 Å². The van der Waals surface area contributed by atoms with Crippen LogP contribution in [0, 0.1) is 17.3 Å². The molecule has 12 heavy (non-hydrogen) atoms. The third-order valence-corrected chi connectivity index (χ3v) is 4.27. The Hall–Kier alpha value is -0.520. The van der Waals surface area contributed by atoms with Gasteiger partial charge < -0.3 is 0 Å². The second kappa shape index (κ2) is 1.86. The molecular formula is C12H16. The first kappa shape index (κ1) is 6.94. The molecule has 0 amide bonds. The molecule has 2 bridgehead atoms. The summed E-state index contributed by atoms with van der Waals surface area (Å²) in [5.41, 5.74) is 3.98. The van der Waals surface area contributed by atoms with E-state index in [0.29, 0.717) is 5.41 Å². The van der Waals surface area contributed by atoms with E-state index in [4.69, 9.17) is 0 Å². The molecule has 0 aromatic carbocycles. The van der Waals surface area contributed by atoms with E-state index in [0.717, 1.165) is 11.8 Å². The molecule has 0 radical (unpaired) electrons. The summed E-state index contributed by atoms with van der Waals surface area (Å²) < 4.78 is 0. The predicted octanol–water partition coefficient (Wildman–Crippen LogP) is 3.31. The Labute approximate surface area is 74.4 Å². The van der Waals surface area contributed by atoms with Crippen LogP contribution in [0.15, 0.2) is 23.3 Å². The van der Waals surface area contributed by atoms with E-state index in [1.54, 1.807) is 11.1 Å². The van der Waals surface area contributed by atoms with E-state index in [1.807, 2.05) is 0 Å². The van der Waals surface area contributed by atoms with Crippen molar-refractivity contribution >= 4 is 0 Å². The zero-order chi connectivity index (χ0) is 8.34. The first-order chi connectivity index (χ1) is 5.69. The minimum Gasteiger partial charge on any atom is -0.0804 e. The summed E-state index contributed by atoms with van der Waals surface area (Å²) in [5.74, 6) is 1.80. The van der Waals surface area contributed by atoms with E-state index < -0.39 is 0 Å². The molecule has 0 spiro atoms. The van der Waals surface area contributed by atoms with Gasteiger partial charge >= 0.3 is 0 Å². The van der Waals surface area contributed by atoms with Crippen molar-refractivity contribution < 1.29 is 0 Å². The summed E-state index contributed by atoms with van der Waals surface area (Å²) in [4.78, 5) is 0. The summed E-state index contributed by atoms with van der Waals surface area (Å²) in [6.45, 7) is 4.86. The first-order valence-electron chi connectivity index (χ1n) is 5.11. The van der Waals surface area contributed by atoms with Crippen molar-refractivity contribution in [2.24, 2.45) is 17.3 Å². The van der Waals surface area contributed by atoms with E-state index in [1.165, 1.54) is 19.3 Å². The van der Waals surface area contributed by atoms with E-state index in [-0.39, 0.29) is 0 Å². The maximum atomic E-state index is 2.55. The van der Waals surface area contributed by atoms with Crippen LogP contribution in [0.3, 0.4) is 0 Å². The maximum Gasteiger partial charge on any atom is -0.00997 e. The van der Waals surface area contributed by atoms with Crippen LogP contribution in [-0.4, -0.2) is 0 Å². The average Bonchev–Trinajstić information content (AvgIpc) is 2.49. The smallest absolute Gasteiger partial charge is 0.00997 e. The van der Waals surface area contributed by atoms with Crippen molar-refractivity contribution in [3.63, 3.8) is 0 Å². The summed E-state index contributed by atoms with van der Waals surface area (Å²) in [6.07, 6.45) is 9.10. The first-order valence-corrected chi connectivity index (χ1v) is 5.11. The fourth-order valence-electron chi connectivity index (χ4n) is 3.22. The molecule has 0 saturated heterocycles. The van der Waals surface area contributed by atoms with Crippen molar-refractivity contribution in [1.29, 1.82) is 0 Å². The summed E-state index contributed by atoms with van der Waals surface area (Å²) in [5, 5.41) is 0. The van der Waals surface area contributed by atoms with Gasteiger partial charge in [-0.3, -0.25) is 0 Å². The van der Waals surface area contributed by atoms with Crippen molar-refractivity contribution in [3.8, 4) is 0 Å². The molecule has 0 heterocycles. The van der Waals surface area contributed by atoms with E-state index >= 15 is 0 Å². The lowest BCUT2D eigenvalue weighted by Gasteiger charge is -2.55. The van der Waals surface area contributed by atoms with Crippen LogP contribution in [-0.2, 0) is 0 Å². The van der Waals surface area contributed by atoms with Crippen LogP contribution in [0.2, 0.25) is 0 Å². The van der Waals surface area contributed by atoms with Gasteiger partial charge in [0.05, 0.1) is 0 Å². The molecule has 1 fully saturated rings. The molecule has 0 aliphatic heterocycles. The second-order valence-corrected chi connectivity index (χ2v) is 5.11. The van der Waals surface area contributed by atoms with Gasteiger partial charge in [0, 0.05) is 0 Å². The highest BCUT2D eigenvalue weighted by molar-refractivity contribution is 5.46. The lowest BCUT2D eigenvalue weighted by Crippen LogP contribution is -2.47. The fourth-order valence-corrected chi connectivity index (χ4v) is 3.22. The van der Waals surface area contributed by atoms with Gasteiger partial charge in [-0.05, 0) is 47.7 Å². The number of allylic oxidation sites excluding steroid dienone is 4. The average molecular weight is 160 g/mol. The van der Waals surface area contributed by atoms with Crippen LogP contribution in [0.25, 0.3) is 0 Å². The molecule has 2 atom stereocenters. The summed E-state index contributed by atoms with van der Waals surface area (Å²) in [6, 6.07) is 0. The van der Waals surface area contributed by atoms with Crippen molar-refractivity contribution in [1.82, 2.24) is 0 Å². The lowest BCUT2D eigenvalue weighted by molar-refractivity contribution is 0.0309. The normalized spacial score (nSPS) is 41.2. The van der Waals surface area contributed by atoms with Gasteiger partial charge in [0.15, 0.2) is 0 Å². The van der Waals surface area contributed by atoms with Gasteiger partial charge in [-0.25, -0.2) is 0 Å². The second-order valence-electron chi connectivity index (χ2n) is 5.11. The third kappa shape index (κ3) is 0.608. The highest BCUT2D eigenvalue weighted by atomic mass is 14.6. The van der Waals surface area contributed by atoms with Crippen LogP contribution < -0.4 is 0 Å². The Morgan fingerprint density at radius 3 is 3.00 bits per heavy atom. The van der Waals surface area contributed by atoms with E-state index in [9.17, 15) is 0 Å². The Bertz CT molecular complexity index is 291. The molecule has 0 aromatic heterocycles. The molecule has 0 heteroatoms. The van der Waals surface area contributed by atoms with Gasteiger partial charge in [0.1, 0.15) is 0 Å². The monoisotopic (exact) mass is 160 g/mol. The van der Waals surface area contributed by atoms with Crippen molar-refractivity contribution in [2.45, 2.75) is 33.1 Å². The lowest BCUT2D eigenvalue weighted by atomic mass is 9.49. The number of hydrogen-bond acceptors (Lipinski definition) is 0. The Kier molecular flexibility index (Phi) is 1.08. The predicted molar refractivity (Wildman–Crippen MR) is 50.8 cm³/mol. The van der Waals surface area contributed by atoms with Gasteiger partial charge in [-0.1, -0.05) is 26.0 Å². The molecule has 0 aromatic rings. The zero-order valence-corrected chi connectivity index (χ0v) is 7.93. The largest absolute Gasteiger partial charge is 0.0804 e. The number of rotatable bonds is 0. The summed E-state index contributed by atoms with van der Waals surface area (Å²) >= 11 is 0. The quantitative estimate of drug-likeness (QED) is 0.510. The Morgan fingerprint density at radius 2 is 2.25 bits per heavy atom. The molecule has 4 aliphatic carbocycles. The maximum absolute atomic E-state index is 2.55. The van der Waals surface area contributed by atoms with Crippen LogP contribution >= 0.6 is 0 Å². The molecule has 0 nitrogen and oxygen atoms in total. The molecular weight excluding hydrogens is 144 g/mol. The molecule has 1 unspecified atom stereocenters. The minimum absolute atomic E-state index is 0.583. The number of hydrogen-bond donors (Lipinski definition) is 0. The SMILES string of the molecule is CC1(C)C2C=C3CCC=C3[C@@H]1C2. The van der Waals surface area contributed by atoms with Gasteiger partial charge in [0.25, 0.3) is 0 Å². The molecule has 1 saturated carbocycles. The van der Waals surface area contributed by atoms with Crippen LogP contribution in [0.1, 0.15) is 33.1 Å². The molecule has 4 aliphatic rings. The standard InChI is InChI=1S/C12H16/c1-12(2)9-6-8-4-3-5-10(8)11(12)7-9/h5-6,9,11H,3-4,7H2,1-2H3/t9?,11-/m0/s1. The fraction of sp³-hybridized carbons (Fsp3) is 0.667. The Morgan fingerprint density at radius 1 is 1.42 bits per heavy atom. The highest BCUT2D eigenvalue weighted by Gasteiger charge is 2.52. The van der Waals surface area contributed by atoms with Gasteiger partial charge in [-0.15, -0.1) is 0 Å². The Balaban J connectivity index is 2.10. The van der Waals surface area contributed by atoms with Gasteiger partial charge in [0.2, 0.25) is 0 Å². The minimum atomic E-state index is 0.583. The van der Waals surface area contributed by atoms with Crippen LogP contribution in [0.4, 0.5) is 0 Å². The van der Waals surface area contributed by atoms with Crippen molar-refractivity contribution in [2.75, 3.05) is 0 Å². The topological polar surface area (TPSA) is 0 Å². The molecule has 4 rings (SSSR count). The third-order valence-electron chi connectivity index (χ3n) is 4.27. The van der Waals surface area contributed by atoms with Crippen molar-refractivity contribution in [3.05, 3.63) is 23.3 Å².